The molecule has 0 fully saturated rings. The first-order valence-corrected chi connectivity index (χ1v) is 13.8. The number of imide groups is 1. The Morgan fingerprint density at radius 3 is 2.27 bits per heavy atom. The van der Waals surface area contributed by atoms with Crippen LogP contribution in [0.4, 0.5) is 5.69 Å². The van der Waals surface area contributed by atoms with E-state index < -0.39 is 43.5 Å². The van der Waals surface area contributed by atoms with Crippen LogP contribution in [-0.2, 0) is 19.9 Å². The molecule has 2 aromatic rings. The third-order valence-electron chi connectivity index (χ3n) is 4.89. The predicted molar refractivity (Wildman–Crippen MR) is 122 cm³/mol. The van der Waals surface area contributed by atoms with Crippen molar-refractivity contribution in [3.8, 4) is 11.5 Å². The van der Waals surface area contributed by atoms with Gasteiger partial charge >= 0.3 is 0 Å². The number of ether oxygens (including phenoxy) is 2. The zero-order valence-electron chi connectivity index (χ0n) is 18.5. The van der Waals surface area contributed by atoms with Crippen LogP contribution in [0.3, 0.4) is 0 Å². The molecule has 0 radical (unpaired) electrons. The van der Waals surface area contributed by atoms with E-state index >= 15 is 0 Å². The molecule has 1 N–H and O–H groups in total. The minimum atomic E-state index is -3.74. The number of nitrogens with one attached hydrogen (secondary N) is 1. The number of rotatable bonds is 9. The van der Waals surface area contributed by atoms with Crippen LogP contribution in [0.1, 0.15) is 39.2 Å². The van der Waals surface area contributed by atoms with Gasteiger partial charge in [0.25, 0.3) is 11.8 Å². The zero-order valence-corrected chi connectivity index (χ0v) is 20.1. The first kappa shape index (κ1) is 24.5. The molecule has 10 nitrogen and oxygen atoms in total. The number of amides is 2. The summed E-state index contributed by atoms with van der Waals surface area (Å²) in [5, 5.41) is 0. The number of nitrogens with zero attached hydrogens (tertiary/aromatic N) is 1. The van der Waals surface area contributed by atoms with E-state index in [-0.39, 0.29) is 16.8 Å². The third kappa shape index (κ3) is 5.28. The fraction of sp³-hybridized carbons (Fsp3) is 0.333. The van der Waals surface area contributed by atoms with Crippen molar-refractivity contribution in [3.63, 3.8) is 0 Å². The minimum absolute atomic E-state index is 0.0225. The molecule has 3 rings (SSSR count). The first-order chi connectivity index (χ1) is 15.4. The monoisotopic (exact) mass is 496 g/mol. The lowest BCUT2D eigenvalue weighted by atomic mass is 10.1. The normalized spacial score (nSPS) is 14.7. The Kier molecular flexibility index (Phi) is 6.70. The molecule has 178 valence electrons. The summed E-state index contributed by atoms with van der Waals surface area (Å²) in [7, 11) is -5.94. The molecule has 0 saturated heterocycles. The largest absolute Gasteiger partial charge is 0.493 e. The maximum atomic E-state index is 13.4. The Labute approximate surface area is 192 Å². The number of sulfone groups is 1. The molecule has 2 amide bonds. The summed E-state index contributed by atoms with van der Waals surface area (Å²) in [6, 6.07) is 7.65. The summed E-state index contributed by atoms with van der Waals surface area (Å²) in [6.07, 6.45) is 1.92. The van der Waals surface area contributed by atoms with Gasteiger partial charge in [-0.25, -0.2) is 16.8 Å². The van der Waals surface area contributed by atoms with Crippen LogP contribution in [0.5, 0.6) is 11.5 Å². The molecule has 33 heavy (non-hydrogen) atoms. The molecule has 2 aromatic carbocycles. The second-order valence-electron chi connectivity index (χ2n) is 7.53. The van der Waals surface area contributed by atoms with Crippen LogP contribution in [0.2, 0.25) is 0 Å². The zero-order chi connectivity index (χ0) is 24.6. The molecule has 0 spiro atoms. The highest BCUT2D eigenvalue weighted by atomic mass is 32.2. The van der Waals surface area contributed by atoms with Gasteiger partial charge in [-0.15, -0.1) is 0 Å². The van der Waals surface area contributed by atoms with Gasteiger partial charge in [0.1, 0.15) is 9.84 Å². The predicted octanol–water partition coefficient (Wildman–Crippen LogP) is 1.85. The average molecular weight is 497 g/mol. The van der Waals surface area contributed by atoms with Crippen LogP contribution in [0, 0.1) is 0 Å². The molecule has 12 heteroatoms. The SMILES string of the molecule is CCOc1cc(C(CS(C)(=O)=O)N2C(=O)c3cccc(NS(C)(=O)=O)c3C2=O)ccc1OC. The summed E-state index contributed by atoms with van der Waals surface area (Å²) in [4.78, 5) is 27.4. The van der Waals surface area contributed by atoms with Crippen LogP contribution < -0.4 is 14.2 Å². The molecular weight excluding hydrogens is 472 g/mol. The number of methoxy groups -OCH3 is 1. The fourth-order valence-corrected chi connectivity index (χ4v) is 5.13. The lowest BCUT2D eigenvalue weighted by Crippen LogP contribution is -2.37. The third-order valence-corrected chi connectivity index (χ3v) is 6.40. The molecule has 0 aliphatic carbocycles. The Hall–Kier alpha value is -3.12. The lowest BCUT2D eigenvalue weighted by Gasteiger charge is -2.27. The molecular formula is C21H24N2O8S2. The van der Waals surface area contributed by atoms with Gasteiger partial charge in [0, 0.05) is 6.26 Å². The molecule has 1 aliphatic rings. The first-order valence-electron chi connectivity index (χ1n) is 9.83. The number of fused-ring (bicyclic) bond motifs is 1. The Balaban J connectivity index is 2.15. The maximum absolute atomic E-state index is 13.4. The van der Waals surface area contributed by atoms with E-state index in [1.165, 1.54) is 31.4 Å². The molecule has 0 saturated carbocycles. The molecule has 1 unspecified atom stereocenters. The maximum Gasteiger partial charge on any atom is 0.264 e. The van der Waals surface area contributed by atoms with E-state index in [9.17, 15) is 26.4 Å². The summed E-state index contributed by atoms with van der Waals surface area (Å²) in [5.41, 5.74) is 0.131. The molecule has 1 atom stereocenters. The molecule has 1 heterocycles. The van der Waals surface area contributed by atoms with Crippen molar-refractivity contribution in [1.82, 2.24) is 4.90 Å². The van der Waals surface area contributed by atoms with Crippen molar-refractivity contribution in [2.45, 2.75) is 13.0 Å². The number of benzene rings is 2. The van der Waals surface area contributed by atoms with Crippen molar-refractivity contribution >= 4 is 37.4 Å². The Morgan fingerprint density at radius 1 is 1.00 bits per heavy atom. The lowest BCUT2D eigenvalue weighted by molar-refractivity contribution is 0.0597. The fourth-order valence-electron chi connectivity index (χ4n) is 3.65. The number of carbonyl (C=O) groups is 2. The average Bonchev–Trinajstić information content (AvgIpc) is 2.96. The summed E-state index contributed by atoms with van der Waals surface area (Å²) < 4.78 is 61.1. The number of carbonyl (C=O) groups excluding carboxylic acids is 2. The van der Waals surface area contributed by atoms with Gasteiger partial charge in [0.15, 0.2) is 11.5 Å². The van der Waals surface area contributed by atoms with Gasteiger partial charge in [-0.3, -0.25) is 19.2 Å². The van der Waals surface area contributed by atoms with E-state index in [0.29, 0.717) is 23.7 Å². The highest BCUT2D eigenvalue weighted by molar-refractivity contribution is 7.92. The van der Waals surface area contributed by atoms with Crippen molar-refractivity contribution in [2.75, 3.05) is 36.7 Å². The summed E-state index contributed by atoms with van der Waals surface area (Å²) in [6.45, 7) is 2.07. The van der Waals surface area contributed by atoms with Gasteiger partial charge in [-0.05, 0) is 36.8 Å². The Bertz CT molecular complexity index is 1320. The summed E-state index contributed by atoms with van der Waals surface area (Å²) in [5.74, 6) is -1.34. The van der Waals surface area contributed by atoms with E-state index in [0.717, 1.165) is 17.4 Å². The summed E-state index contributed by atoms with van der Waals surface area (Å²) >= 11 is 0. The minimum Gasteiger partial charge on any atom is -0.493 e. The van der Waals surface area contributed by atoms with E-state index in [1.54, 1.807) is 19.1 Å². The van der Waals surface area contributed by atoms with Gasteiger partial charge < -0.3 is 9.47 Å². The Morgan fingerprint density at radius 2 is 1.70 bits per heavy atom. The number of hydrogen-bond donors (Lipinski definition) is 1. The van der Waals surface area contributed by atoms with Crippen LogP contribution in [0.15, 0.2) is 36.4 Å². The van der Waals surface area contributed by atoms with Gasteiger partial charge in [0.2, 0.25) is 10.0 Å². The second-order valence-corrected chi connectivity index (χ2v) is 11.5. The number of sulfonamides is 1. The van der Waals surface area contributed by atoms with Gasteiger partial charge in [-0.1, -0.05) is 12.1 Å². The van der Waals surface area contributed by atoms with E-state index in [4.69, 9.17) is 9.47 Å². The highest BCUT2D eigenvalue weighted by Gasteiger charge is 2.43. The van der Waals surface area contributed by atoms with Gasteiger partial charge in [0.05, 0.1) is 48.6 Å². The standard InChI is InChI=1S/C21H24N2O8S2/c1-5-31-18-11-13(9-10-17(18)30-2)16(12-32(3,26)27)23-20(24)14-7-6-8-15(19(14)21(23)25)22-33(4,28)29/h6-11,16,22H,5,12H2,1-4H3. The highest BCUT2D eigenvalue weighted by Crippen LogP contribution is 2.38. The number of hydrogen-bond acceptors (Lipinski definition) is 8. The quantitative estimate of drug-likeness (QED) is 0.520. The second kappa shape index (κ2) is 9.02. The van der Waals surface area contributed by atoms with E-state index in [2.05, 4.69) is 4.72 Å². The van der Waals surface area contributed by atoms with Crippen molar-refractivity contribution < 1.29 is 35.9 Å². The van der Waals surface area contributed by atoms with Gasteiger partial charge in [-0.2, -0.15) is 0 Å². The van der Waals surface area contributed by atoms with E-state index in [1.807, 2.05) is 0 Å². The smallest absolute Gasteiger partial charge is 0.264 e. The molecule has 0 bridgehead atoms. The topological polar surface area (TPSA) is 136 Å². The van der Waals surface area contributed by atoms with Crippen LogP contribution in [0.25, 0.3) is 0 Å². The van der Waals surface area contributed by atoms with Crippen LogP contribution >= 0.6 is 0 Å². The van der Waals surface area contributed by atoms with Crippen molar-refractivity contribution in [1.29, 1.82) is 0 Å². The molecule has 1 aliphatic heterocycles. The van der Waals surface area contributed by atoms with Crippen molar-refractivity contribution in [3.05, 3.63) is 53.1 Å². The van der Waals surface area contributed by atoms with Crippen LogP contribution in [-0.4, -0.2) is 65.5 Å². The molecule has 0 aromatic heterocycles. The van der Waals surface area contributed by atoms with Crippen molar-refractivity contribution in [2.24, 2.45) is 0 Å². The number of anilines is 1.